The molecule has 0 aliphatic heterocycles. The summed E-state index contributed by atoms with van der Waals surface area (Å²) in [4.78, 5) is 25.2. The van der Waals surface area contributed by atoms with E-state index in [4.69, 9.17) is 0 Å². The summed E-state index contributed by atoms with van der Waals surface area (Å²) in [5.74, 6) is 0.302. The highest BCUT2D eigenvalue weighted by Crippen LogP contribution is 2.60. The Labute approximate surface area is 130 Å². The van der Waals surface area contributed by atoms with E-state index in [-0.39, 0.29) is 35.5 Å². The zero-order chi connectivity index (χ0) is 15.3. The minimum absolute atomic E-state index is 0.00666. The van der Waals surface area contributed by atoms with E-state index in [1.165, 1.54) is 0 Å². The lowest BCUT2D eigenvalue weighted by molar-refractivity contribution is -0.136. The van der Waals surface area contributed by atoms with Gasteiger partial charge >= 0.3 is 0 Å². The van der Waals surface area contributed by atoms with Gasteiger partial charge in [0.2, 0.25) is 5.91 Å². The van der Waals surface area contributed by atoms with Gasteiger partial charge < -0.3 is 5.32 Å². The van der Waals surface area contributed by atoms with Crippen molar-refractivity contribution < 1.29 is 9.59 Å². The summed E-state index contributed by atoms with van der Waals surface area (Å²) < 4.78 is 0. The molecule has 1 saturated carbocycles. The zero-order valence-corrected chi connectivity index (χ0v) is 12.5. The number of amides is 1. The van der Waals surface area contributed by atoms with Crippen LogP contribution in [0.5, 0.6) is 0 Å². The van der Waals surface area contributed by atoms with Crippen molar-refractivity contribution in [3.8, 4) is 0 Å². The molecule has 0 aromatic heterocycles. The molecule has 1 aromatic carbocycles. The predicted octanol–water partition coefficient (Wildman–Crippen LogP) is 2.81. The van der Waals surface area contributed by atoms with Crippen molar-refractivity contribution in [1.82, 2.24) is 5.32 Å². The molecule has 0 radical (unpaired) electrons. The Hall–Kier alpha value is -2.16. The van der Waals surface area contributed by atoms with Gasteiger partial charge in [-0.25, -0.2) is 0 Å². The second kappa shape index (κ2) is 4.67. The number of rotatable bonds is 3. The van der Waals surface area contributed by atoms with Crippen LogP contribution in [0.3, 0.4) is 0 Å². The van der Waals surface area contributed by atoms with Crippen LogP contribution >= 0.6 is 0 Å². The first-order chi connectivity index (χ1) is 10.6. The van der Waals surface area contributed by atoms with Crippen molar-refractivity contribution in [2.75, 3.05) is 0 Å². The van der Waals surface area contributed by atoms with Crippen molar-refractivity contribution >= 4 is 11.7 Å². The van der Waals surface area contributed by atoms with E-state index in [9.17, 15) is 9.59 Å². The number of benzene rings is 1. The summed E-state index contributed by atoms with van der Waals surface area (Å²) in [7, 11) is 0. The van der Waals surface area contributed by atoms with Crippen molar-refractivity contribution in [1.29, 1.82) is 0 Å². The summed E-state index contributed by atoms with van der Waals surface area (Å²) >= 11 is 0. The van der Waals surface area contributed by atoms with Gasteiger partial charge in [0.1, 0.15) is 0 Å². The molecule has 1 fully saturated rings. The third kappa shape index (κ3) is 1.68. The summed E-state index contributed by atoms with van der Waals surface area (Å²) in [6, 6.07) is 9.87. The van der Waals surface area contributed by atoms with E-state index in [0.717, 1.165) is 12.0 Å². The summed E-state index contributed by atoms with van der Waals surface area (Å²) in [6.07, 6.45) is 8.64. The smallest absolute Gasteiger partial charge is 0.231 e. The molecule has 3 nitrogen and oxygen atoms in total. The van der Waals surface area contributed by atoms with Crippen LogP contribution in [0.4, 0.5) is 0 Å². The molecule has 4 rings (SSSR count). The van der Waals surface area contributed by atoms with Crippen molar-refractivity contribution in [3.05, 3.63) is 60.2 Å². The van der Waals surface area contributed by atoms with E-state index in [1.54, 1.807) is 6.08 Å². The van der Waals surface area contributed by atoms with Crippen molar-refractivity contribution in [2.24, 2.45) is 23.2 Å². The second-order valence-electron chi connectivity index (χ2n) is 6.64. The average molecular weight is 293 g/mol. The van der Waals surface area contributed by atoms with Crippen LogP contribution in [-0.2, 0) is 9.59 Å². The minimum Gasteiger partial charge on any atom is -0.349 e. The van der Waals surface area contributed by atoms with E-state index in [2.05, 4.69) is 17.5 Å². The normalized spacial score (nSPS) is 35.7. The molecule has 22 heavy (non-hydrogen) atoms. The Morgan fingerprint density at radius 2 is 2.05 bits per heavy atom. The number of ketones is 1. The lowest BCUT2D eigenvalue weighted by Gasteiger charge is -2.34. The maximum atomic E-state index is 13.0. The predicted molar refractivity (Wildman–Crippen MR) is 83.8 cm³/mol. The highest BCUT2D eigenvalue weighted by Gasteiger charge is 2.63. The maximum Gasteiger partial charge on any atom is 0.231 e. The Morgan fingerprint density at radius 1 is 1.27 bits per heavy atom. The topological polar surface area (TPSA) is 46.2 Å². The fourth-order valence-electron chi connectivity index (χ4n) is 4.44. The van der Waals surface area contributed by atoms with Gasteiger partial charge in [0, 0.05) is 5.92 Å². The quantitative estimate of drug-likeness (QED) is 0.871. The molecule has 1 N–H and O–H groups in total. The highest BCUT2D eigenvalue weighted by atomic mass is 16.2. The van der Waals surface area contributed by atoms with Gasteiger partial charge in [-0.15, -0.1) is 0 Å². The van der Waals surface area contributed by atoms with Gasteiger partial charge in [-0.05, 0) is 36.8 Å². The summed E-state index contributed by atoms with van der Waals surface area (Å²) in [6.45, 7) is 1.99. The molecule has 0 heterocycles. The lowest BCUT2D eigenvalue weighted by Crippen LogP contribution is -2.47. The third-order valence-corrected chi connectivity index (χ3v) is 5.54. The van der Waals surface area contributed by atoms with Gasteiger partial charge in [0.25, 0.3) is 0 Å². The highest BCUT2D eigenvalue weighted by molar-refractivity contribution is 6.04. The molecule has 3 aliphatic carbocycles. The molecule has 3 heteroatoms. The number of carbonyl (C=O) groups excluding carboxylic acids is 2. The number of hydrogen-bond donors (Lipinski definition) is 1. The molecule has 5 atom stereocenters. The number of nitrogens with one attached hydrogen (secondary N) is 1. The third-order valence-electron chi connectivity index (χ3n) is 5.54. The minimum atomic E-state index is -0.653. The fourth-order valence-corrected chi connectivity index (χ4v) is 4.44. The largest absolute Gasteiger partial charge is 0.349 e. The van der Waals surface area contributed by atoms with Gasteiger partial charge in [0.05, 0.1) is 11.5 Å². The molecule has 0 spiro atoms. The molecule has 1 amide bonds. The van der Waals surface area contributed by atoms with E-state index >= 15 is 0 Å². The number of carbonyl (C=O) groups is 2. The fraction of sp³-hybridized carbons (Fsp3) is 0.368. The molecule has 1 aromatic rings. The van der Waals surface area contributed by atoms with Crippen molar-refractivity contribution in [2.45, 2.75) is 19.4 Å². The molecule has 0 unspecified atom stereocenters. The molecular formula is C19H19NO2. The Bertz CT molecular complexity index is 691. The van der Waals surface area contributed by atoms with Crippen molar-refractivity contribution in [3.63, 3.8) is 0 Å². The van der Waals surface area contributed by atoms with Crippen LogP contribution in [0.2, 0.25) is 0 Å². The van der Waals surface area contributed by atoms with Gasteiger partial charge in [0.15, 0.2) is 5.78 Å². The molecule has 3 aliphatic rings. The summed E-state index contributed by atoms with van der Waals surface area (Å²) in [5, 5.41) is 3.13. The van der Waals surface area contributed by atoms with Crippen LogP contribution in [0.1, 0.15) is 24.9 Å². The first-order valence-corrected chi connectivity index (χ1v) is 7.90. The Kier molecular flexibility index (Phi) is 2.86. The Morgan fingerprint density at radius 3 is 2.82 bits per heavy atom. The summed E-state index contributed by atoms with van der Waals surface area (Å²) in [5.41, 5.74) is 0.426. The van der Waals surface area contributed by atoms with Crippen LogP contribution < -0.4 is 5.32 Å². The number of hydrogen-bond acceptors (Lipinski definition) is 2. The van der Waals surface area contributed by atoms with Crippen LogP contribution in [0.25, 0.3) is 0 Å². The monoisotopic (exact) mass is 293 g/mol. The number of allylic oxidation sites excluding steroid dienone is 3. The Balaban J connectivity index is 1.61. The van der Waals surface area contributed by atoms with Crippen LogP contribution in [-0.4, -0.2) is 11.7 Å². The first kappa shape index (κ1) is 13.5. The lowest BCUT2D eigenvalue weighted by atomic mass is 9.69. The second-order valence-corrected chi connectivity index (χ2v) is 6.64. The zero-order valence-electron chi connectivity index (χ0n) is 12.5. The van der Waals surface area contributed by atoms with E-state index < -0.39 is 5.41 Å². The SMILES string of the molecule is C[C@H](NC(=O)[C@]12C=CC(=O)[C@H]1[C@H]1C=C[C@H]2C1)c1ccccc1. The van der Waals surface area contributed by atoms with Gasteiger partial charge in [-0.2, -0.15) is 0 Å². The molecule has 0 saturated heterocycles. The maximum absolute atomic E-state index is 13.0. The first-order valence-electron chi connectivity index (χ1n) is 7.90. The standard InChI is InChI=1S/C19H19NO2/c1-12(13-5-3-2-4-6-13)20-18(22)19-10-9-16(21)17(19)14-7-8-15(19)11-14/h2-10,12,14-15,17H,11H2,1H3,(H,20,22)/t12-,14-,15-,17+,19-/m0/s1. The molecule has 2 bridgehead atoms. The molecular weight excluding hydrogens is 274 g/mol. The van der Waals surface area contributed by atoms with Crippen LogP contribution in [0, 0.1) is 23.2 Å². The van der Waals surface area contributed by atoms with Crippen LogP contribution in [0.15, 0.2) is 54.6 Å². The van der Waals surface area contributed by atoms with Gasteiger partial charge in [-0.1, -0.05) is 48.6 Å². The van der Waals surface area contributed by atoms with Gasteiger partial charge in [-0.3, -0.25) is 9.59 Å². The average Bonchev–Trinajstić information content (AvgIpc) is 3.21. The van der Waals surface area contributed by atoms with E-state index in [0.29, 0.717) is 0 Å². The molecule has 112 valence electrons. The van der Waals surface area contributed by atoms with E-state index in [1.807, 2.05) is 43.3 Å². The number of fused-ring (bicyclic) bond motifs is 5.